The number of hydrogen-bond donors (Lipinski definition) is 0. The van der Waals surface area contributed by atoms with Crippen LogP contribution >= 0.6 is 0 Å². The molecule has 0 radical (unpaired) electrons. The molecule has 2 aromatic rings. The highest BCUT2D eigenvalue weighted by Gasteiger charge is 2.15. The molecule has 0 aliphatic carbocycles. The summed E-state index contributed by atoms with van der Waals surface area (Å²) in [7, 11) is 0. The maximum Gasteiger partial charge on any atom is 0.127 e. The quantitative estimate of drug-likeness (QED) is 0.808. The molecule has 0 saturated carbocycles. The largest absolute Gasteiger partial charge is 0.493 e. The fraction of sp³-hybridized carbons (Fsp3) is 0.278. The normalized spacial score (nSPS) is 11.7. The molecule has 0 aliphatic heterocycles. The molecule has 0 amide bonds. The van der Waals surface area contributed by atoms with Crippen molar-refractivity contribution in [2.45, 2.75) is 26.2 Å². The van der Waals surface area contributed by atoms with Crippen LogP contribution in [0.15, 0.2) is 42.5 Å². The third-order valence-electron chi connectivity index (χ3n) is 3.50. The van der Waals surface area contributed by atoms with Crippen molar-refractivity contribution >= 4 is 0 Å². The summed E-state index contributed by atoms with van der Waals surface area (Å²) in [5.41, 5.74) is 2.56. The second kappa shape index (κ2) is 6.90. The van der Waals surface area contributed by atoms with Crippen LogP contribution in [-0.2, 0) is 0 Å². The van der Waals surface area contributed by atoms with E-state index < -0.39 is 5.92 Å². The molecule has 2 rings (SSSR count). The second-order valence-electron chi connectivity index (χ2n) is 5.06. The zero-order chi connectivity index (χ0) is 15.2. The van der Waals surface area contributed by atoms with Crippen LogP contribution in [0, 0.1) is 31.0 Å². The van der Waals surface area contributed by atoms with Crippen LogP contribution in [0.2, 0.25) is 0 Å². The molecule has 0 heterocycles. The Morgan fingerprint density at radius 3 is 2.38 bits per heavy atom. The van der Waals surface area contributed by atoms with Gasteiger partial charge in [-0.25, -0.2) is 4.39 Å². The van der Waals surface area contributed by atoms with E-state index in [1.54, 1.807) is 18.2 Å². The standard InChI is InChI=1S/C18H18FNO/c1-13-6-5-7-14(2)18(13)21-11-10-15(12-20)16-8-3-4-9-17(16)19/h3-9,15H,10-11H2,1-2H3. The highest BCUT2D eigenvalue weighted by atomic mass is 19.1. The summed E-state index contributed by atoms with van der Waals surface area (Å²) in [5.74, 6) is 0.0226. The number of para-hydroxylation sites is 1. The summed E-state index contributed by atoms with van der Waals surface area (Å²) >= 11 is 0. The van der Waals surface area contributed by atoms with Crippen LogP contribution in [0.1, 0.15) is 29.0 Å². The van der Waals surface area contributed by atoms with Crippen LogP contribution in [0.25, 0.3) is 0 Å². The molecule has 1 atom stereocenters. The number of halogens is 1. The second-order valence-corrected chi connectivity index (χ2v) is 5.06. The first kappa shape index (κ1) is 15.1. The van der Waals surface area contributed by atoms with Gasteiger partial charge in [-0.2, -0.15) is 5.26 Å². The molecule has 0 bridgehead atoms. The Balaban J connectivity index is 2.02. The Hall–Kier alpha value is -2.34. The van der Waals surface area contributed by atoms with E-state index in [4.69, 9.17) is 4.74 Å². The number of benzene rings is 2. The van der Waals surface area contributed by atoms with Crippen molar-refractivity contribution in [3.63, 3.8) is 0 Å². The fourth-order valence-corrected chi connectivity index (χ4v) is 2.35. The van der Waals surface area contributed by atoms with Crippen molar-refractivity contribution in [1.29, 1.82) is 5.26 Å². The van der Waals surface area contributed by atoms with Crippen molar-refractivity contribution < 1.29 is 9.13 Å². The predicted octanol–water partition coefficient (Wildman–Crippen LogP) is 4.52. The molecule has 108 valence electrons. The summed E-state index contributed by atoms with van der Waals surface area (Å²) in [4.78, 5) is 0. The number of nitriles is 1. The molecule has 1 unspecified atom stereocenters. The third kappa shape index (κ3) is 3.61. The van der Waals surface area contributed by atoms with Gasteiger partial charge in [-0.05, 0) is 31.0 Å². The minimum Gasteiger partial charge on any atom is -0.493 e. The van der Waals surface area contributed by atoms with Crippen molar-refractivity contribution in [3.8, 4) is 11.8 Å². The number of hydrogen-bond acceptors (Lipinski definition) is 2. The van der Waals surface area contributed by atoms with Gasteiger partial charge in [0.15, 0.2) is 0 Å². The van der Waals surface area contributed by atoms with Crippen molar-refractivity contribution in [2.75, 3.05) is 6.61 Å². The van der Waals surface area contributed by atoms with E-state index in [2.05, 4.69) is 6.07 Å². The number of ether oxygens (including phenoxy) is 1. The molecule has 0 saturated heterocycles. The first-order valence-electron chi connectivity index (χ1n) is 6.96. The van der Waals surface area contributed by atoms with E-state index in [1.807, 2.05) is 32.0 Å². The van der Waals surface area contributed by atoms with Gasteiger partial charge in [-0.1, -0.05) is 36.4 Å². The zero-order valence-electron chi connectivity index (χ0n) is 12.3. The average Bonchev–Trinajstić information content (AvgIpc) is 2.47. The predicted molar refractivity (Wildman–Crippen MR) is 80.8 cm³/mol. The van der Waals surface area contributed by atoms with Gasteiger partial charge in [0.05, 0.1) is 18.6 Å². The van der Waals surface area contributed by atoms with E-state index in [0.717, 1.165) is 16.9 Å². The van der Waals surface area contributed by atoms with Gasteiger partial charge in [-0.15, -0.1) is 0 Å². The summed E-state index contributed by atoms with van der Waals surface area (Å²) in [6, 6.07) is 14.5. The number of nitrogens with zero attached hydrogens (tertiary/aromatic N) is 1. The fourth-order valence-electron chi connectivity index (χ4n) is 2.35. The summed E-state index contributed by atoms with van der Waals surface area (Å²) in [6.07, 6.45) is 0.463. The number of rotatable bonds is 5. The highest BCUT2D eigenvalue weighted by Crippen LogP contribution is 2.25. The molecule has 0 aliphatic rings. The Morgan fingerprint density at radius 1 is 1.10 bits per heavy atom. The maximum absolute atomic E-state index is 13.7. The minimum atomic E-state index is -0.490. The first-order valence-corrected chi connectivity index (χ1v) is 6.96. The molecular weight excluding hydrogens is 265 g/mol. The molecule has 2 nitrogen and oxygen atoms in total. The van der Waals surface area contributed by atoms with Crippen molar-refractivity contribution in [2.24, 2.45) is 0 Å². The molecular formula is C18H18FNO. The van der Waals surface area contributed by atoms with E-state index in [-0.39, 0.29) is 5.82 Å². The summed E-state index contributed by atoms with van der Waals surface area (Å²) in [6.45, 7) is 4.36. The molecule has 2 aromatic carbocycles. The van der Waals surface area contributed by atoms with Crippen molar-refractivity contribution in [3.05, 3.63) is 65.0 Å². The lowest BCUT2D eigenvalue weighted by Gasteiger charge is -2.14. The molecule has 0 aromatic heterocycles. The van der Waals surface area contributed by atoms with Crippen LogP contribution in [0.3, 0.4) is 0 Å². The Labute approximate surface area is 124 Å². The molecule has 21 heavy (non-hydrogen) atoms. The van der Waals surface area contributed by atoms with E-state index in [1.165, 1.54) is 6.07 Å². The van der Waals surface area contributed by atoms with Crippen LogP contribution < -0.4 is 4.74 Å². The molecule has 3 heteroatoms. The van der Waals surface area contributed by atoms with Gasteiger partial charge in [-0.3, -0.25) is 0 Å². The van der Waals surface area contributed by atoms with Crippen LogP contribution in [0.4, 0.5) is 4.39 Å². The average molecular weight is 283 g/mol. The van der Waals surface area contributed by atoms with Gasteiger partial charge < -0.3 is 4.74 Å². The summed E-state index contributed by atoms with van der Waals surface area (Å²) < 4.78 is 19.5. The topological polar surface area (TPSA) is 33.0 Å². The lowest BCUT2D eigenvalue weighted by atomic mass is 9.97. The van der Waals surface area contributed by atoms with Gasteiger partial charge in [0, 0.05) is 12.0 Å². The van der Waals surface area contributed by atoms with E-state index >= 15 is 0 Å². The van der Waals surface area contributed by atoms with E-state index in [0.29, 0.717) is 18.6 Å². The molecule has 0 N–H and O–H groups in total. The lowest BCUT2D eigenvalue weighted by molar-refractivity contribution is 0.301. The zero-order valence-corrected chi connectivity index (χ0v) is 12.3. The Bertz CT molecular complexity index is 640. The van der Waals surface area contributed by atoms with Gasteiger partial charge in [0.2, 0.25) is 0 Å². The van der Waals surface area contributed by atoms with Crippen LogP contribution in [0.5, 0.6) is 5.75 Å². The van der Waals surface area contributed by atoms with Gasteiger partial charge in [0.25, 0.3) is 0 Å². The van der Waals surface area contributed by atoms with Crippen molar-refractivity contribution in [1.82, 2.24) is 0 Å². The Kier molecular flexibility index (Phi) is 4.94. The smallest absolute Gasteiger partial charge is 0.127 e. The Morgan fingerprint density at radius 2 is 1.76 bits per heavy atom. The minimum absolute atomic E-state index is 0.337. The monoisotopic (exact) mass is 283 g/mol. The molecule has 0 fully saturated rings. The third-order valence-corrected chi connectivity index (χ3v) is 3.50. The molecule has 0 spiro atoms. The maximum atomic E-state index is 13.7. The first-order chi connectivity index (χ1) is 10.1. The van der Waals surface area contributed by atoms with Gasteiger partial charge in [0.1, 0.15) is 11.6 Å². The van der Waals surface area contributed by atoms with Crippen LogP contribution in [-0.4, -0.2) is 6.61 Å². The highest BCUT2D eigenvalue weighted by molar-refractivity contribution is 5.39. The van der Waals surface area contributed by atoms with Gasteiger partial charge >= 0.3 is 0 Å². The van der Waals surface area contributed by atoms with E-state index in [9.17, 15) is 9.65 Å². The summed E-state index contributed by atoms with van der Waals surface area (Å²) in [5, 5.41) is 9.24. The SMILES string of the molecule is Cc1cccc(C)c1OCCC(C#N)c1ccccc1F. The lowest BCUT2D eigenvalue weighted by Crippen LogP contribution is -2.07. The number of aryl methyl sites for hydroxylation is 2.